The number of rotatable bonds is 9. The Hall–Kier alpha value is -4.06. The van der Waals surface area contributed by atoms with Gasteiger partial charge in [0, 0.05) is 28.8 Å². The van der Waals surface area contributed by atoms with Crippen molar-refractivity contribution in [3.63, 3.8) is 0 Å². The van der Waals surface area contributed by atoms with Crippen LogP contribution in [0.2, 0.25) is 0 Å². The molecule has 0 aliphatic rings. The van der Waals surface area contributed by atoms with Crippen LogP contribution in [-0.4, -0.2) is 35.2 Å². The lowest BCUT2D eigenvalue weighted by atomic mass is 10.0. The zero-order valence-corrected chi connectivity index (χ0v) is 17.3. The number of aliphatic imine (C=N–C) groups is 1. The second-order valence-corrected chi connectivity index (χ2v) is 6.84. The summed E-state index contributed by atoms with van der Waals surface area (Å²) in [6, 6.07) is 18.2. The van der Waals surface area contributed by atoms with Gasteiger partial charge in [0.2, 0.25) is 0 Å². The highest BCUT2D eigenvalue weighted by Gasteiger charge is 2.18. The Labute approximate surface area is 181 Å². The minimum absolute atomic E-state index is 0.257. The second-order valence-electron chi connectivity index (χ2n) is 6.84. The molecule has 31 heavy (non-hydrogen) atoms. The predicted molar refractivity (Wildman–Crippen MR) is 124 cm³/mol. The molecule has 0 unspecified atom stereocenters. The van der Waals surface area contributed by atoms with E-state index in [4.69, 9.17) is 0 Å². The molecule has 6 nitrogen and oxygen atoms in total. The second kappa shape index (κ2) is 10.6. The number of H-pyrrole nitrogens is 1. The summed E-state index contributed by atoms with van der Waals surface area (Å²) in [5, 5.41) is 10.2. The molecule has 0 fully saturated rings. The fourth-order valence-electron chi connectivity index (χ4n) is 3.13. The molecule has 0 aliphatic carbocycles. The van der Waals surface area contributed by atoms with Crippen molar-refractivity contribution >= 4 is 18.9 Å². The average molecular weight is 412 g/mol. The maximum atomic E-state index is 13.0. The van der Waals surface area contributed by atoms with Gasteiger partial charge in [0.05, 0.1) is 17.4 Å². The van der Waals surface area contributed by atoms with Crippen molar-refractivity contribution in [2.45, 2.75) is 19.4 Å². The average Bonchev–Trinajstić information content (AvgIpc) is 3.31. The summed E-state index contributed by atoms with van der Waals surface area (Å²) in [5.41, 5.74) is 4.24. The van der Waals surface area contributed by atoms with Gasteiger partial charge in [-0.15, -0.1) is 0 Å². The van der Waals surface area contributed by atoms with Crippen LogP contribution < -0.4 is 5.32 Å². The van der Waals surface area contributed by atoms with Crippen LogP contribution >= 0.6 is 0 Å². The van der Waals surface area contributed by atoms with Crippen molar-refractivity contribution < 1.29 is 9.59 Å². The number of benzene rings is 2. The number of carbonyl (C=O) groups excluding carboxylic acids is 2. The van der Waals surface area contributed by atoms with E-state index in [9.17, 15) is 9.59 Å². The van der Waals surface area contributed by atoms with Crippen molar-refractivity contribution in [3.8, 4) is 22.5 Å². The van der Waals surface area contributed by atoms with Gasteiger partial charge in [0.1, 0.15) is 6.29 Å². The molecule has 0 saturated carbocycles. The highest BCUT2D eigenvalue weighted by Crippen LogP contribution is 2.26. The molecule has 1 aromatic heterocycles. The van der Waals surface area contributed by atoms with E-state index in [0.29, 0.717) is 28.8 Å². The first-order chi connectivity index (χ1) is 15.2. The lowest BCUT2D eigenvalue weighted by Gasteiger charge is -2.14. The third kappa shape index (κ3) is 5.51. The molecule has 1 heterocycles. The zero-order chi connectivity index (χ0) is 22.1. The number of nitrogens with one attached hydrogen (secondary N) is 2. The number of aromatic amines is 1. The standard InChI is InChI=1S/C25H24N4O2/c1-3-4-12-19(26-2)15-20(17-30)27-25(31)22-14-9-8-13-21(22)24-16-23(28-29-24)18-10-6-5-7-11-18/h3-14,16-17,20H,2,15H2,1H3,(H,27,31)(H,28,29)/b4-3-,19-12-/t20-/m0/s1. The van der Waals surface area contributed by atoms with Gasteiger partial charge in [-0.1, -0.05) is 60.7 Å². The number of hydrogen-bond acceptors (Lipinski definition) is 4. The van der Waals surface area contributed by atoms with Crippen LogP contribution in [0.1, 0.15) is 23.7 Å². The quantitative estimate of drug-likeness (QED) is 0.306. The molecule has 3 aromatic rings. The summed E-state index contributed by atoms with van der Waals surface area (Å²) in [6.45, 7) is 5.41. The van der Waals surface area contributed by atoms with Crippen LogP contribution in [-0.2, 0) is 4.79 Å². The zero-order valence-electron chi connectivity index (χ0n) is 17.3. The topological polar surface area (TPSA) is 87.2 Å². The minimum atomic E-state index is -0.718. The molecule has 3 rings (SSSR count). The lowest BCUT2D eigenvalue weighted by Crippen LogP contribution is -2.36. The van der Waals surface area contributed by atoms with Gasteiger partial charge < -0.3 is 10.1 Å². The number of aromatic nitrogens is 2. The molecule has 0 aliphatic heterocycles. The van der Waals surface area contributed by atoms with Gasteiger partial charge in [-0.2, -0.15) is 5.10 Å². The first-order valence-corrected chi connectivity index (χ1v) is 9.91. The number of aldehydes is 1. The van der Waals surface area contributed by atoms with E-state index in [-0.39, 0.29) is 12.3 Å². The van der Waals surface area contributed by atoms with Gasteiger partial charge in [0.25, 0.3) is 5.91 Å². The van der Waals surface area contributed by atoms with Crippen molar-refractivity contribution in [1.82, 2.24) is 15.5 Å². The van der Waals surface area contributed by atoms with Crippen molar-refractivity contribution in [1.29, 1.82) is 0 Å². The molecule has 2 aromatic carbocycles. The highest BCUT2D eigenvalue weighted by molar-refractivity contribution is 6.01. The van der Waals surface area contributed by atoms with Gasteiger partial charge >= 0.3 is 0 Å². The normalized spacial score (nSPS) is 12.5. The van der Waals surface area contributed by atoms with Crippen molar-refractivity contribution in [2.24, 2.45) is 4.99 Å². The maximum absolute atomic E-state index is 13.0. The predicted octanol–water partition coefficient (Wildman–Crippen LogP) is 4.59. The Bertz CT molecular complexity index is 1110. The Kier molecular flexibility index (Phi) is 7.43. The van der Waals surface area contributed by atoms with E-state index in [2.05, 4.69) is 27.2 Å². The third-order valence-corrected chi connectivity index (χ3v) is 4.70. The molecule has 0 spiro atoms. The Balaban J connectivity index is 1.83. The molecule has 6 heteroatoms. The summed E-state index contributed by atoms with van der Waals surface area (Å²) in [4.78, 5) is 28.5. The molecule has 0 bridgehead atoms. The van der Waals surface area contributed by atoms with Crippen LogP contribution in [0.5, 0.6) is 0 Å². The summed E-state index contributed by atoms with van der Waals surface area (Å²) >= 11 is 0. The first-order valence-electron chi connectivity index (χ1n) is 9.91. The monoisotopic (exact) mass is 412 g/mol. The highest BCUT2D eigenvalue weighted by atomic mass is 16.2. The molecular weight excluding hydrogens is 388 g/mol. The van der Waals surface area contributed by atoms with E-state index < -0.39 is 6.04 Å². The number of carbonyl (C=O) groups is 2. The smallest absolute Gasteiger partial charge is 0.252 e. The summed E-state index contributed by atoms with van der Waals surface area (Å²) < 4.78 is 0. The fourth-order valence-corrected chi connectivity index (χ4v) is 3.13. The van der Waals surface area contributed by atoms with Gasteiger partial charge in [0.15, 0.2) is 0 Å². The molecule has 2 N–H and O–H groups in total. The number of hydrogen-bond donors (Lipinski definition) is 2. The van der Waals surface area contributed by atoms with Gasteiger partial charge in [-0.05, 0) is 31.9 Å². The lowest BCUT2D eigenvalue weighted by molar-refractivity contribution is -0.109. The fraction of sp³-hybridized carbons (Fsp3) is 0.120. The SMILES string of the molecule is C=N/C(=C\C=C/C)C[C@@H](C=O)NC(=O)c1ccccc1-c1cc(-c2ccccc2)n[nH]1. The Morgan fingerprint density at radius 1 is 1.19 bits per heavy atom. The van der Waals surface area contributed by atoms with Crippen LogP contribution in [0.25, 0.3) is 22.5 Å². The van der Waals surface area contributed by atoms with Gasteiger partial charge in [-0.3, -0.25) is 14.9 Å². The van der Waals surface area contributed by atoms with Crippen LogP contribution in [0.15, 0.2) is 89.6 Å². The number of nitrogens with zero attached hydrogens (tertiary/aromatic N) is 2. The molecule has 1 atom stereocenters. The van der Waals surface area contributed by atoms with Crippen molar-refractivity contribution in [3.05, 3.63) is 90.2 Å². The summed E-state index contributed by atoms with van der Waals surface area (Å²) in [7, 11) is 0. The Morgan fingerprint density at radius 3 is 2.65 bits per heavy atom. The van der Waals surface area contributed by atoms with Gasteiger partial charge in [-0.25, -0.2) is 0 Å². The van der Waals surface area contributed by atoms with Crippen LogP contribution in [0.4, 0.5) is 0 Å². The molecule has 0 radical (unpaired) electrons. The number of allylic oxidation sites excluding steroid dienone is 3. The van der Waals surface area contributed by atoms with Crippen LogP contribution in [0, 0.1) is 0 Å². The minimum Gasteiger partial charge on any atom is -0.342 e. The van der Waals surface area contributed by atoms with E-state index in [1.54, 1.807) is 18.2 Å². The molecule has 1 amide bonds. The van der Waals surface area contributed by atoms with E-state index in [0.717, 1.165) is 11.3 Å². The van der Waals surface area contributed by atoms with E-state index in [1.165, 1.54) is 0 Å². The molecular formula is C25H24N4O2. The van der Waals surface area contributed by atoms with Crippen LogP contribution in [0.3, 0.4) is 0 Å². The molecule has 0 saturated heterocycles. The summed E-state index contributed by atoms with van der Waals surface area (Å²) in [5.74, 6) is -0.349. The third-order valence-electron chi connectivity index (χ3n) is 4.70. The van der Waals surface area contributed by atoms with E-state index in [1.807, 2.05) is 67.6 Å². The summed E-state index contributed by atoms with van der Waals surface area (Å²) in [6.07, 6.45) is 6.39. The first kappa shape index (κ1) is 21.6. The van der Waals surface area contributed by atoms with E-state index >= 15 is 0 Å². The largest absolute Gasteiger partial charge is 0.342 e. The molecule has 156 valence electrons. The van der Waals surface area contributed by atoms with Crippen molar-refractivity contribution in [2.75, 3.05) is 0 Å². The number of amides is 1. The maximum Gasteiger partial charge on any atom is 0.252 e. The Morgan fingerprint density at radius 2 is 1.94 bits per heavy atom.